The van der Waals surface area contributed by atoms with Crippen LogP contribution in [0.4, 0.5) is 4.39 Å². The van der Waals surface area contributed by atoms with Crippen LogP contribution in [-0.4, -0.2) is 29.8 Å². The van der Waals surface area contributed by atoms with Crippen molar-refractivity contribution in [3.63, 3.8) is 0 Å². The number of hydrogen-bond acceptors (Lipinski definition) is 5. The van der Waals surface area contributed by atoms with E-state index < -0.39 is 35.6 Å². The maximum absolute atomic E-state index is 13.7. The van der Waals surface area contributed by atoms with E-state index in [0.29, 0.717) is 35.8 Å². The van der Waals surface area contributed by atoms with Crippen molar-refractivity contribution in [1.29, 1.82) is 0 Å². The topological polar surface area (TPSA) is 120 Å². The Morgan fingerprint density at radius 3 is 1.81 bits per heavy atom. The Bertz CT molecular complexity index is 1530. The Morgan fingerprint density at radius 1 is 0.674 bits per heavy atom. The van der Waals surface area contributed by atoms with E-state index in [1.54, 1.807) is 24.3 Å². The van der Waals surface area contributed by atoms with E-state index in [1.807, 2.05) is 60.7 Å². The van der Waals surface area contributed by atoms with Gasteiger partial charge < -0.3 is 25.8 Å². The summed E-state index contributed by atoms with van der Waals surface area (Å²) < 4.78 is 25.9. The normalized spacial score (nSPS) is 12.0. The van der Waals surface area contributed by atoms with E-state index in [1.165, 1.54) is 25.1 Å². The van der Waals surface area contributed by atoms with Crippen molar-refractivity contribution in [1.82, 2.24) is 10.6 Å². The molecule has 0 bridgehead atoms. The van der Waals surface area contributed by atoms with Crippen molar-refractivity contribution < 1.29 is 28.2 Å². The zero-order chi connectivity index (χ0) is 30.6. The number of halogens is 1. The summed E-state index contributed by atoms with van der Waals surface area (Å²) in [5, 5.41) is 5.22. The molecule has 3 amide bonds. The van der Waals surface area contributed by atoms with Gasteiger partial charge in [0.05, 0.1) is 0 Å². The van der Waals surface area contributed by atoms with Crippen LogP contribution >= 0.6 is 0 Å². The number of carbonyl (C=O) groups excluding carboxylic acids is 3. The average molecular weight is 584 g/mol. The highest BCUT2D eigenvalue weighted by Crippen LogP contribution is 2.30. The highest BCUT2D eigenvalue weighted by Gasteiger charge is 2.26. The van der Waals surface area contributed by atoms with E-state index in [4.69, 9.17) is 15.2 Å². The number of rotatable bonds is 14. The molecule has 0 aliphatic rings. The van der Waals surface area contributed by atoms with Crippen LogP contribution in [0.2, 0.25) is 0 Å². The lowest BCUT2D eigenvalue weighted by molar-refractivity contribution is -0.130. The zero-order valence-electron chi connectivity index (χ0n) is 23.8. The Balaban J connectivity index is 1.51. The van der Waals surface area contributed by atoms with E-state index >= 15 is 0 Å². The molecule has 0 aliphatic carbocycles. The van der Waals surface area contributed by atoms with Crippen molar-refractivity contribution in [2.24, 2.45) is 5.73 Å². The van der Waals surface area contributed by atoms with Gasteiger partial charge in [-0.3, -0.25) is 14.4 Å². The van der Waals surface area contributed by atoms with Crippen LogP contribution in [0.3, 0.4) is 0 Å². The first-order valence-electron chi connectivity index (χ1n) is 13.8. The first-order valence-corrected chi connectivity index (χ1v) is 13.8. The van der Waals surface area contributed by atoms with Gasteiger partial charge in [-0.25, -0.2) is 4.39 Å². The molecule has 0 heterocycles. The van der Waals surface area contributed by atoms with Gasteiger partial charge in [0.2, 0.25) is 17.7 Å². The number of nitrogens with two attached hydrogens (primary N) is 1. The van der Waals surface area contributed by atoms with Crippen LogP contribution in [0.25, 0.3) is 0 Å². The predicted molar refractivity (Wildman–Crippen MR) is 161 cm³/mol. The lowest BCUT2D eigenvalue weighted by atomic mass is 10.0. The molecule has 2 atom stereocenters. The van der Waals surface area contributed by atoms with Crippen LogP contribution in [0.15, 0.2) is 103 Å². The number of carbonyl (C=O) groups is 3. The lowest BCUT2D eigenvalue weighted by Gasteiger charge is -2.22. The van der Waals surface area contributed by atoms with Gasteiger partial charge in [-0.15, -0.1) is 0 Å². The molecule has 9 heteroatoms. The summed E-state index contributed by atoms with van der Waals surface area (Å²) >= 11 is 0. The van der Waals surface area contributed by atoms with Crippen molar-refractivity contribution in [3.8, 4) is 11.5 Å². The minimum atomic E-state index is -1.09. The molecule has 4 aromatic carbocycles. The summed E-state index contributed by atoms with van der Waals surface area (Å²) in [6.45, 7) is 1.90. The molecule has 0 saturated carbocycles. The number of benzene rings is 4. The van der Waals surface area contributed by atoms with Crippen molar-refractivity contribution in [2.45, 2.75) is 45.1 Å². The van der Waals surface area contributed by atoms with Crippen LogP contribution in [-0.2, 0) is 40.4 Å². The Hall–Kier alpha value is -5.18. The fourth-order valence-electron chi connectivity index (χ4n) is 4.47. The van der Waals surface area contributed by atoms with Gasteiger partial charge >= 0.3 is 0 Å². The molecule has 4 N–H and O–H groups in total. The molecule has 0 aromatic heterocycles. The van der Waals surface area contributed by atoms with Crippen molar-refractivity contribution in [2.75, 3.05) is 0 Å². The Labute approximate surface area is 250 Å². The second kappa shape index (κ2) is 15.2. The summed E-state index contributed by atoms with van der Waals surface area (Å²) in [7, 11) is 0. The first kappa shape index (κ1) is 30.8. The Kier molecular flexibility index (Phi) is 10.9. The van der Waals surface area contributed by atoms with Crippen molar-refractivity contribution >= 4 is 17.7 Å². The average Bonchev–Trinajstić information content (AvgIpc) is 2.99. The quantitative estimate of drug-likeness (QED) is 0.205. The fourth-order valence-corrected chi connectivity index (χ4v) is 4.47. The van der Waals surface area contributed by atoms with Crippen LogP contribution in [0, 0.1) is 5.82 Å². The second-order valence-corrected chi connectivity index (χ2v) is 10.1. The zero-order valence-corrected chi connectivity index (χ0v) is 23.8. The number of primary amides is 1. The summed E-state index contributed by atoms with van der Waals surface area (Å²) in [6, 6.07) is 28.3. The van der Waals surface area contributed by atoms with Gasteiger partial charge in [0.1, 0.15) is 31.1 Å². The molecular weight excluding hydrogens is 549 g/mol. The second-order valence-electron chi connectivity index (χ2n) is 10.1. The molecule has 4 rings (SSSR count). The number of nitrogens with one attached hydrogen (secondary N) is 2. The molecule has 0 saturated heterocycles. The summed E-state index contributed by atoms with van der Waals surface area (Å²) in [6.07, 6.45) is 0.0913. The van der Waals surface area contributed by atoms with Crippen molar-refractivity contribution in [3.05, 3.63) is 131 Å². The highest BCUT2D eigenvalue weighted by atomic mass is 19.1. The van der Waals surface area contributed by atoms with Crippen LogP contribution in [0.1, 0.15) is 29.2 Å². The summed E-state index contributed by atoms with van der Waals surface area (Å²) in [5.74, 6) is -1.30. The largest absolute Gasteiger partial charge is 0.485 e. The molecule has 0 spiro atoms. The van der Waals surface area contributed by atoms with Gasteiger partial charge in [0, 0.05) is 19.8 Å². The predicted octanol–water partition coefficient (Wildman–Crippen LogP) is 4.24. The highest BCUT2D eigenvalue weighted by molar-refractivity contribution is 5.91. The molecule has 0 unspecified atom stereocenters. The SMILES string of the molecule is CC(=O)N[C@@H](Cc1cccc(F)c1)C(=O)N[C@@H](Cc1ccc(OCc2ccccc2)c(OCc2ccccc2)c1)C(N)=O. The van der Waals surface area contributed by atoms with Gasteiger partial charge in [-0.05, 0) is 46.5 Å². The molecule has 43 heavy (non-hydrogen) atoms. The van der Waals surface area contributed by atoms with E-state index in [-0.39, 0.29) is 12.8 Å². The minimum absolute atomic E-state index is 0.0274. The Morgan fingerprint density at radius 2 is 1.23 bits per heavy atom. The maximum Gasteiger partial charge on any atom is 0.243 e. The van der Waals surface area contributed by atoms with Gasteiger partial charge in [-0.2, -0.15) is 0 Å². The van der Waals surface area contributed by atoms with E-state index in [9.17, 15) is 18.8 Å². The van der Waals surface area contributed by atoms with Gasteiger partial charge in [-0.1, -0.05) is 78.9 Å². The third kappa shape index (κ3) is 9.71. The van der Waals surface area contributed by atoms with Gasteiger partial charge in [0.25, 0.3) is 0 Å². The molecule has 222 valence electrons. The standard InChI is InChI=1S/C34H34FN3O5/c1-23(39)37-30(19-26-13-8-14-28(35)17-26)34(41)38-29(33(36)40)18-27-15-16-31(42-21-24-9-4-2-5-10-24)32(20-27)43-22-25-11-6-3-7-12-25/h2-17,20,29-30H,18-19,21-22H2,1H3,(H2,36,40)(H,37,39)(H,38,41)/t29-,30-/m0/s1. The molecule has 0 radical (unpaired) electrons. The number of hydrogen-bond donors (Lipinski definition) is 3. The van der Waals surface area contributed by atoms with Crippen LogP contribution < -0.4 is 25.8 Å². The molecule has 4 aromatic rings. The van der Waals surface area contributed by atoms with Gasteiger partial charge in [0.15, 0.2) is 11.5 Å². The third-order valence-electron chi connectivity index (χ3n) is 6.61. The van der Waals surface area contributed by atoms with Crippen LogP contribution in [0.5, 0.6) is 11.5 Å². The molecule has 8 nitrogen and oxygen atoms in total. The van der Waals surface area contributed by atoms with E-state index in [0.717, 1.165) is 11.1 Å². The molecule has 0 fully saturated rings. The first-order chi connectivity index (χ1) is 20.8. The number of ether oxygens (including phenoxy) is 2. The lowest BCUT2D eigenvalue weighted by Crippen LogP contribution is -2.54. The fraction of sp³-hybridized carbons (Fsp3) is 0.206. The van der Waals surface area contributed by atoms with E-state index in [2.05, 4.69) is 10.6 Å². The molecular formula is C34H34FN3O5. The summed E-state index contributed by atoms with van der Waals surface area (Å²) in [4.78, 5) is 37.4. The smallest absolute Gasteiger partial charge is 0.243 e. The number of amides is 3. The molecule has 0 aliphatic heterocycles. The summed E-state index contributed by atoms with van der Waals surface area (Å²) in [5.41, 5.74) is 8.81. The third-order valence-corrected chi connectivity index (χ3v) is 6.61. The maximum atomic E-state index is 13.7. The minimum Gasteiger partial charge on any atom is -0.485 e. The monoisotopic (exact) mass is 583 g/mol.